The van der Waals surface area contributed by atoms with Crippen LogP contribution in [-0.4, -0.2) is 19.0 Å². The Balaban J connectivity index is 2.19. The average molecular weight is 268 g/mol. The van der Waals surface area contributed by atoms with Crippen molar-refractivity contribution in [2.75, 3.05) is 13.1 Å². The number of benzene rings is 2. The van der Waals surface area contributed by atoms with Gasteiger partial charge in [0.1, 0.15) is 0 Å². The van der Waals surface area contributed by atoms with Crippen molar-refractivity contribution >= 4 is 5.91 Å². The van der Waals surface area contributed by atoms with Crippen LogP contribution in [0.3, 0.4) is 0 Å². The number of nitrogens with one attached hydrogen (secondary N) is 1. The van der Waals surface area contributed by atoms with Crippen molar-refractivity contribution in [3.05, 3.63) is 71.8 Å². The number of hydrogen-bond acceptors (Lipinski definition) is 2. The van der Waals surface area contributed by atoms with Crippen LogP contribution >= 0.6 is 0 Å². The van der Waals surface area contributed by atoms with Gasteiger partial charge >= 0.3 is 0 Å². The first-order valence-corrected chi connectivity index (χ1v) is 6.88. The predicted molar refractivity (Wildman–Crippen MR) is 81.4 cm³/mol. The van der Waals surface area contributed by atoms with E-state index in [-0.39, 0.29) is 11.8 Å². The molecule has 0 unspecified atom stereocenters. The van der Waals surface area contributed by atoms with Gasteiger partial charge in [0.15, 0.2) is 0 Å². The highest BCUT2D eigenvalue weighted by Gasteiger charge is 2.17. The van der Waals surface area contributed by atoms with Crippen molar-refractivity contribution in [3.63, 3.8) is 0 Å². The van der Waals surface area contributed by atoms with E-state index in [4.69, 9.17) is 5.73 Å². The molecule has 0 heterocycles. The van der Waals surface area contributed by atoms with Gasteiger partial charge < -0.3 is 11.1 Å². The summed E-state index contributed by atoms with van der Waals surface area (Å²) in [5.41, 5.74) is 7.72. The fourth-order valence-corrected chi connectivity index (χ4v) is 2.27. The number of carbonyl (C=O) groups excluding carboxylic acids is 1. The molecular formula is C17H20N2O. The number of amides is 1. The molecule has 0 aliphatic heterocycles. The third-order valence-corrected chi connectivity index (χ3v) is 3.26. The minimum atomic E-state index is 0.0353. The Bertz CT molecular complexity index is 486. The normalized spacial score (nSPS) is 10.5. The second kappa shape index (κ2) is 7.46. The zero-order valence-electron chi connectivity index (χ0n) is 11.5. The topological polar surface area (TPSA) is 55.1 Å². The number of carbonyl (C=O) groups is 1. The van der Waals surface area contributed by atoms with Gasteiger partial charge in [0, 0.05) is 25.4 Å². The maximum Gasteiger partial charge on any atom is 0.220 e. The molecule has 0 spiro atoms. The molecular weight excluding hydrogens is 248 g/mol. The molecule has 1 amide bonds. The van der Waals surface area contributed by atoms with E-state index in [1.54, 1.807) is 0 Å². The summed E-state index contributed by atoms with van der Waals surface area (Å²) in [7, 11) is 0. The number of hydrogen-bond donors (Lipinski definition) is 2. The quantitative estimate of drug-likeness (QED) is 0.844. The van der Waals surface area contributed by atoms with E-state index in [2.05, 4.69) is 29.6 Å². The van der Waals surface area contributed by atoms with Gasteiger partial charge in [-0.3, -0.25) is 4.79 Å². The van der Waals surface area contributed by atoms with Crippen LogP contribution in [0.25, 0.3) is 0 Å². The van der Waals surface area contributed by atoms with Gasteiger partial charge in [-0.05, 0) is 11.1 Å². The lowest BCUT2D eigenvalue weighted by atomic mass is 9.88. The fourth-order valence-electron chi connectivity index (χ4n) is 2.27. The van der Waals surface area contributed by atoms with Crippen molar-refractivity contribution < 1.29 is 4.79 Å². The molecule has 2 aromatic rings. The van der Waals surface area contributed by atoms with Gasteiger partial charge in [0.2, 0.25) is 5.91 Å². The van der Waals surface area contributed by atoms with Crippen molar-refractivity contribution in [2.45, 2.75) is 12.3 Å². The number of nitrogens with two attached hydrogens (primary N) is 1. The lowest BCUT2D eigenvalue weighted by Gasteiger charge is -2.17. The van der Waals surface area contributed by atoms with Gasteiger partial charge in [0.05, 0.1) is 0 Å². The monoisotopic (exact) mass is 268 g/mol. The van der Waals surface area contributed by atoms with E-state index in [1.165, 1.54) is 0 Å². The zero-order chi connectivity index (χ0) is 14.2. The van der Waals surface area contributed by atoms with Crippen LogP contribution in [0.2, 0.25) is 0 Å². The molecule has 0 saturated heterocycles. The third kappa shape index (κ3) is 3.93. The first-order chi connectivity index (χ1) is 9.81. The van der Waals surface area contributed by atoms with E-state index in [1.807, 2.05) is 36.4 Å². The standard InChI is InChI=1S/C17H20N2O/c18-11-12-19-17(20)13-16(14-7-3-1-4-8-14)15-9-5-2-6-10-15/h1-10,16H,11-13,18H2,(H,19,20). The molecule has 0 fully saturated rings. The average Bonchev–Trinajstić information content (AvgIpc) is 2.52. The Morgan fingerprint density at radius 3 is 1.90 bits per heavy atom. The van der Waals surface area contributed by atoms with Gasteiger partial charge in [-0.2, -0.15) is 0 Å². The fraction of sp³-hybridized carbons (Fsp3) is 0.235. The molecule has 0 atom stereocenters. The minimum absolute atomic E-state index is 0.0353. The Morgan fingerprint density at radius 2 is 1.45 bits per heavy atom. The van der Waals surface area contributed by atoms with Gasteiger partial charge in [0.25, 0.3) is 0 Å². The Labute approximate surface area is 119 Å². The maximum absolute atomic E-state index is 12.0. The summed E-state index contributed by atoms with van der Waals surface area (Å²) >= 11 is 0. The van der Waals surface area contributed by atoms with Crippen LogP contribution in [0.15, 0.2) is 60.7 Å². The van der Waals surface area contributed by atoms with E-state index in [0.717, 1.165) is 11.1 Å². The highest BCUT2D eigenvalue weighted by Crippen LogP contribution is 2.27. The summed E-state index contributed by atoms with van der Waals surface area (Å²) in [6.07, 6.45) is 0.439. The number of rotatable bonds is 6. The van der Waals surface area contributed by atoms with E-state index in [0.29, 0.717) is 19.5 Å². The second-order valence-electron chi connectivity index (χ2n) is 4.72. The molecule has 0 aromatic heterocycles. The lowest BCUT2D eigenvalue weighted by molar-refractivity contribution is -0.121. The van der Waals surface area contributed by atoms with Crippen molar-refractivity contribution in [2.24, 2.45) is 5.73 Å². The van der Waals surface area contributed by atoms with Gasteiger partial charge in [-0.1, -0.05) is 60.7 Å². The molecule has 20 heavy (non-hydrogen) atoms. The van der Waals surface area contributed by atoms with Crippen molar-refractivity contribution in [1.29, 1.82) is 0 Å². The molecule has 0 aliphatic carbocycles. The second-order valence-corrected chi connectivity index (χ2v) is 4.72. The van der Waals surface area contributed by atoms with Crippen LogP contribution in [-0.2, 0) is 4.79 Å². The molecule has 2 rings (SSSR count). The van der Waals surface area contributed by atoms with E-state index < -0.39 is 0 Å². The molecule has 2 aromatic carbocycles. The Kier molecular flexibility index (Phi) is 5.33. The van der Waals surface area contributed by atoms with Gasteiger partial charge in [-0.15, -0.1) is 0 Å². The highest BCUT2D eigenvalue weighted by atomic mass is 16.1. The molecule has 0 bridgehead atoms. The SMILES string of the molecule is NCCNC(=O)CC(c1ccccc1)c1ccccc1. The molecule has 0 saturated carbocycles. The van der Waals surface area contributed by atoms with Crippen LogP contribution in [0.1, 0.15) is 23.5 Å². The molecule has 3 heteroatoms. The van der Waals surface area contributed by atoms with Crippen LogP contribution < -0.4 is 11.1 Å². The lowest BCUT2D eigenvalue weighted by Crippen LogP contribution is -2.30. The zero-order valence-corrected chi connectivity index (χ0v) is 11.5. The Hall–Kier alpha value is -2.13. The summed E-state index contributed by atoms with van der Waals surface area (Å²) in [4.78, 5) is 12.0. The molecule has 3 N–H and O–H groups in total. The Morgan fingerprint density at radius 1 is 0.950 bits per heavy atom. The van der Waals surface area contributed by atoms with Crippen LogP contribution in [0.5, 0.6) is 0 Å². The van der Waals surface area contributed by atoms with Crippen LogP contribution in [0, 0.1) is 0 Å². The summed E-state index contributed by atoms with van der Waals surface area (Å²) in [6.45, 7) is 0.988. The first-order valence-electron chi connectivity index (χ1n) is 6.88. The molecule has 3 nitrogen and oxygen atoms in total. The molecule has 0 aliphatic rings. The van der Waals surface area contributed by atoms with Crippen molar-refractivity contribution in [1.82, 2.24) is 5.32 Å². The van der Waals surface area contributed by atoms with E-state index >= 15 is 0 Å². The largest absolute Gasteiger partial charge is 0.355 e. The van der Waals surface area contributed by atoms with Gasteiger partial charge in [-0.25, -0.2) is 0 Å². The highest BCUT2D eigenvalue weighted by molar-refractivity contribution is 5.77. The third-order valence-electron chi connectivity index (χ3n) is 3.26. The summed E-state index contributed by atoms with van der Waals surface area (Å²) in [6, 6.07) is 20.2. The summed E-state index contributed by atoms with van der Waals surface area (Å²) in [5.74, 6) is 0.114. The summed E-state index contributed by atoms with van der Waals surface area (Å²) in [5, 5.41) is 2.84. The smallest absolute Gasteiger partial charge is 0.220 e. The molecule has 104 valence electrons. The summed E-state index contributed by atoms with van der Waals surface area (Å²) < 4.78 is 0. The molecule has 0 radical (unpaired) electrons. The van der Waals surface area contributed by atoms with Crippen LogP contribution in [0.4, 0.5) is 0 Å². The predicted octanol–water partition coefficient (Wildman–Crippen LogP) is 2.28. The van der Waals surface area contributed by atoms with E-state index in [9.17, 15) is 4.79 Å². The van der Waals surface area contributed by atoms with Crippen molar-refractivity contribution in [3.8, 4) is 0 Å². The minimum Gasteiger partial charge on any atom is -0.355 e. The maximum atomic E-state index is 12.0. The first kappa shape index (κ1) is 14.3.